The minimum Gasteiger partial charge on any atom is -0.497 e. The fourth-order valence-electron chi connectivity index (χ4n) is 3.35. The molecule has 0 N–H and O–H groups in total. The molecule has 7 nitrogen and oxygen atoms in total. The van der Waals surface area contributed by atoms with Gasteiger partial charge in [-0.2, -0.15) is 0 Å². The van der Waals surface area contributed by atoms with Crippen LogP contribution in [0.25, 0.3) is 27.8 Å². The van der Waals surface area contributed by atoms with Gasteiger partial charge in [-0.05, 0) is 36.4 Å². The summed E-state index contributed by atoms with van der Waals surface area (Å²) in [6.45, 7) is 0. The highest BCUT2D eigenvalue weighted by molar-refractivity contribution is 7.98. The van der Waals surface area contributed by atoms with Crippen LogP contribution in [0.1, 0.15) is 5.69 Å². The normalized spacial score (nSPS) is 11.0. The Kier molecular flexibility index (Phi) is 6.14. The summed E-state index contributed by atoms with van der Waals surface area (Å²) in [5, 5.41) is 12.5. The third kappa shape index (κ3) is 4.37. The van der Waals surface area contributed by atoms with Crippen molar-refractivity contribution >= 4 is 23.1 Å². The largest absolute Gasteiger partial charge is 0.497 e. The fourth-order valence-corrected chi connectivity index (χ4v) is 5.15. The van der Waals surface area contributed by atoms with E-state index in [1.807, 2.05) is 65.2 Å². The molecule has 3 heterocycles. The lowest BCUT2D eigenvalue weighted by Gasteiger charge is -2.09. The molecule has 0 bridgehead atoms. The molecule has 0 saturated carbocycles. The maximum atomic E-state index is 5.58. The molecule has 5 aromatic rings. The molecule has 33 heavy (non-hydrogen) atoms. The second-order valence-electron chi connectivity index (χ2n) is 6.95. The van der Waals surface area contributed by atoms with E-state index in [9.17, 15) is 0 Å². The van der Waals surface area contributed by atoms with Crippen molar-refractivity contribution in [3.63, 3.8) is 0 Å². The zero-order valence-electron chi connectivity index (χ0n) is 18.0. The number of methoxy groups -OCH3 is 2. The molecule has 0 radical (unpaired) electrons. The molecular formula is C24H20N4O3S2. The van der Waals surface area contributed by atoms with Gasteiger partial charge < -0.3 is 13.9 Å². The molecule has 0 aliphatic heterocycles. The Morgan fingerprint density at radius 1 is 1.00 bits per heavy atom. The van der Waals surface area contributed by atoms with E-state index < -0.39 is 0 Å². The highest BCUT2D eigenvalue weighted by atomic mass is 32.2. The molecule has 3 aromatic heterocycles. The van der Waals surface area contributed by atoms with Crippen molar-refractivity contribution in [1.82, 2.24) is 19.7 Å². The average molecular weight is 477 g/mol. The predicted octanol–water partition coefficient (Wildman–Crippen LogP) is 5.96. The molecule has 0 saturated heterocycles. The van der Waals surface area contributed by atoms with Crippen molar-refractivity contribution < 1.29 is 13.9 Å². The van der Waals surface area contributed by atoms with Crippen molar-refractivity contribution in [2.45, 2.75) is 10.9 Å². The smallest absolute Gasteiger partial charge is 0.205 e. The first-order valence-corrected chi connectivity index (χ1v) is 12.0. The molecule has 0 amide bonds. The Morgan fingerprint density at radius 2 is 1.88 bits per heavy atom. The van der Waals surface area contributed by atoms with Crippen LogP contribution in [0.3, 0.4) is 0 Å². The maximum absolute atomic E-state index is 5.58. The molecule has 0 fully saturated rings. The van der Waals surface area contributed by atoms with Gasteiger partial charge in [0.1, 0.15) is 16.5 Å². The molecule has 0 aliphatic carbocycles. The lowest BCUT2D eigenvalue weighted by molar-refractivity contribution is 0.395. The van der Waals surface area contributed by atoms with Crippen LogP contribution < -0.4 is 9.47 Å². The van der Waals surface area contributed by atoms with Crippen LogP contribution in [0.4, 0.5) is 0 Å². The Hall–Kier alpha value is -3.56. The van der Waals surface area contributed by atoms with Crippen LogP contribution in [0.15, 0.2) is 81.9 Å². The summed E-state index contributed by atoms with van der Waals surface area (Å²) in [7, 11) is 3.29. The molecule has 5 rings (SSSR count). The molecule has 9 heteroatoms. The zero-order chi connectivity index (χ0) is 22.6. The molecule has 0 spiro atoms. The summed E-state index contributed by atoms with van der Waals surface area (Å²) < 4.78 is 18.4. The number of rotatable bonds is 8. The van der Waals surface area contributed by atoms with Crippen LogP contribution in [-0.2, 0) is 5.75 Å². The molecule has 2 aromatic carbocycles. The van der Waals surface area contributed by atoms with Crippen molar-refractivity contribution in [2.24, 2.45) is 0 Å². The second-order valence-corrected chi connectivity index (χ2v) is 8.75. The number of aromatic nitrogens is 4. The van der Waals surface area contributed by atoms with Gasteiger partial charge in [-0.15, -0.1) is 21.5 Å². The van der Waals surface area contributed by atoms with Crippen LogP contribution in [0.5, 0.6) is 11.5 Å². The van der Waals surface area contributed by atoms with E-state index in [0.717, 1.165) is 38.6 Å². The number of thioether (sulfide) groups is 1. The van der Waals surface area contributed by atoms with E-state index in [-0.39, 0.29) is 0 Å². The predicted molar refractivity (Wildman–Crippen MR) is 129 cm³/mol. The summed E-state index contributed by atoms with van der Waals surface area (Å²) in [6.07, 6.45) is 1.64. The fraction of sp³-hybridized carbons (Fsp3) is 0.125. The zero-order valence-corrected chi connectivity index (χ0v) is 19.6. The van der Waals surface area contributed by atoms with Crippen molar-refractivity contribution in [2.75, 3.05) is 14.2 Å². The van der Waals surface area contributed by atoms with Gasteiger partial charge in [-0.1, -0.05) is 30.0 Å². The summed E-state index contributed by atoms with van der Waals surface area (Å²) in [5.74, 6) is 3.46. The Morgan fingerprint density at radius 3 is 2.64 bits per heavy atom. The van der Waals surface area contributed by atoms with Gasteiger partial charge in [-0.3, -0.25) is 4.57 Å². The van der Waals surface area contributed by atoms with Gasteiger partial charge in [0.05, 0.1) is 31.7 Å². The van der Waals surface area contributed by atoms with Crippen LogP contribution in [-0.4, -0.2) is 34.0 Å². The Balaban J connectivity index is 1.41. The first kappa shape index (κ1) is 21.3. The number of furan rings is 1. The minimum atomic E-state index is 0.651. The van der Waals surface area contributed by atoms with Gasteiger partial charge in [0.2, 0.25) is 5.82 Å². The summed E-state index contributed by atoms with van der Waals surface area (Å²) >= 11 is 3.16. The van der Waals surface area contributed by atoms with E-state index in [2.05, 4.69) is 15.6 Å². The Labute approximate surface area is 199 Å². The maximum Gasteiger partial charge on any atom is 0.205 e. The lowest BCUT2D eigenvalue weighted by Crippen LogP contribution is -1.99. The van der Waals surface area contributed by atoms with Crippen LogP contribution >= 0.6 is 23.1 Å². The number of nitrogens with zero attached hydrogens (tertiary/aromatic N) is 4. The third-order valence-electron chi connectivity index (χ3n) is 4.93. The molecular weight excluding hydrogens is 456 g/mol. The van der Waals surface area contributed by atoms with Crippen molar-refractivity contribution in [3.05, 3.63) is 78.0 Å². The van der Waals surface area contributed by atoms with Crippen LogP contribution in [0.2, 0.25) is 0 Å². The van der Waals surface area contributed by atoms with Gasteiger partial charge in [-0.25, -0.2) is 4.98 Å². The number of hydrogen-bond acceptors (Lipinski definition) is 8. The number of thiazole rings is 1. The number of ether oxygens (including phenoxy) is 2. The summed E-state index contributed by atoms with van der Waals surface area (Å²) in [4.78, 5) is 4.82. The summed E-state index contributed by atoms with van der Waals surface area (Å²) in [6, 6.07) is 19.5. The van der Waals surface area contributed by atoms with Crippen molar-refractivity contribution in [3.8, 4) is 39.3 Å². The van der Waals surface area contributed by atoms with Gasteiger partial charge in [0.25, 0.3) is 0 Å². The third-order valence-corrected chi connectivity index (χ3v) is 6.82. The molecule has 0 unspecified atom stereocenters. The monoisotopic (exact) mass is 476 g/mol. The Bertz CT molecular complexity index is 1350. The summed E-state index contributed by atoms with van der Waals surface area (Å²) in [5.41, 5.74) is 2.87. The van der Waals surface area contributed by atoms with E-state index in [1.165, 1.54) is 0 Å². The lowest BCUT2D eigenvalue weighted by atomic mass is 10.2. The van der Waals surface area contributed by atoms with Gasteiger partial charge in [0.15, 0.2) is 10.9 Å². The van der Waals surface area contributed by atoms with Gasteiger partial charge >= 0.3 is 0 Å². The second kappa shape index (κ2) is 9.51. The number of para-hydroxylation sites is 1. The highest BCUT2D eigenvalue weighted by Crippen LogP contribution is 2.36. The minimum absolute atomic E-state index is 0.651. The topological polar surface area (TPSA) is 75.2 Å². The highest BCUT2D eigenvalue weighted by Gasteiger charge is 2.19. The van der Waals surface area contributed by atoms with E-state index in [1.54, 1.807) is 43.6 Å². The first-order valence-electron chi connectivity index (χ1n) is 10.1. The number of benzene rings is 2. The molecule has 0 atom stereocenters. The standard InChI is InChI=1S/C24H20N4O3S2/c1-29-18-10-11-19(21(13-18)30-2)23-25-16(14-32-23)15-33-24-27-26-22(20-9-6-12-31-20)28(24)17-7-4-3-5-8-17/h3-14H,15H2,1-2H3. The van der Waals surface area contributed by atoms with E-state index >= 15 is 0 Å². The number of hydrogen-bond donors (Lipinski definition) is 0. The van der Waals surface area contributed by atoms with Gasteiger partial charge in [0, 0.05) is 22.9 Å². The SMILES string of the molecule is COc1ccc(-c2nc(CSc3nnc(-c4ccco4)n3-c3ccccc3)cs2)c(OC)c1. The average Bonchev–Trinajstić information content (AvgIpc) is 3.63. The van der Waals surface area contributed by atoms with Crippen LogP contribution in [0, 0.1) is 0 Å². The van der Waals surface area contributed by atoms with Crippen molar-refractivity contribution in [1.29, 1.82) is 0 Å². The quantitative estimate of drug-likeness (QED) is 0.256. The molecule has 166 valence electrons. The van der Waals surface area contributed by atoms with E-state index in [4.69, 9.17) is 18.9 Å². The van der Waals surface area contributed by atoms with E-state index in [0.29, 0.717) is 17.3 Å². The first-order chi connectivity index (χ1) is 16.3. The molecule has 0 aliphatic rings.